The molecule has 2 aromatic rings. The van der Waals surface area contributed by atoms with Gasteiger partial charge in [0.05, 0.1) is 6.04 Å². The third kappa shape index (κ3) is 13.6. The van der Waals surface area contributed by atoms with Crippen molar-refractivity contribution in [3.8, 4) is 0 Å². The Balaban J connectivity index is 0.000000629. The molecule has 1 aromatic carbocycles. The van der Waals surface area contributed by atoms with Gasteiger partial charge in [0.25, 0.3) is 0 Å². The van der Waals surface area contributed by atoms with E-state index >= 15 is 0 Å². The second-order valence-corrected chi connectivity index (χ2v) is 9.92. The summed E-state index contributed by atoms with van der Waals surface area (Å²) in [5, 5.41) is 19.9. The van der Waals surface area contributed by atoms with Crippen molar-refractivity contribution in [3.05, 3.63) is 59.3 Å². The van der Waals surface area contributed by atoms with Crippen LogP contribution in [0, 0.1) is 11.6 Å². The van der Waals surface area contributed by atoms with Crippen LogP contribution in [0.25, 0.3) is 0 Å². The largest absolute Gasteiger partial charge is 0.490 e. The van der Waals surface area contributed by atoms with Crippen molar-refractivity contribution in [3.63, 3.8) is 0 Å². The van der Waals surface area contributed by atoms with Crippen LogP contribution in [0.1, 0.15) is 37.8 Å². The van der Waals surface area contributed by atoms with E-state index in [9.17, 15) is 44.7 Å². The number of nitrogens with zero attached hydrogens (tertiary/aromatic N) is 2. The van der Waals surface area contributed by atoms with Gasteiger partial charge in [-0.05, 0) is 62.6 Å². The highest BCUT2D eigenvalue weighted by molar-refractivity contribution is 5.90. The Kier molecular flexibility index (Phi) is 14.8. The van der Waals surface area contributed by atoms with Gasteiger partial charge in [0.15, 0.2) is 11.6 Å². The van der Waals surface area contributed by atoms with E-state index in [1.165, 1.54) is 6.07 Å². The standard InChI is InChI=1S/C23H29F2N5O2.2C2HF3O2/c1-14(2)30-9-3-4-20(30)23(32)29-19(11-15-5-7-17(24)18(25)10-15)22(31)28-13-16-6-8-21(26)27-12-16;2*3-2(4,5)1(6)7/h5-8,10,12,14,19-20H,3-4,9,11,13H2,1-2H3,(H2,26,27)(H,28,31)(H,29,32);2*(H,6,7)/t19-,20+;;/m0../s1. The molecule has 1 aliphatic rings. The fraction of sp³-hybridized carbons (Fsp3) is 0.444. The number of carbonyl (C=O) groups is 4. The minimum absolute atomic E-state index is 0.0309. The highest BCUT2D eigenvalue weighted by Gasteiger charge is 2.39. The number of alkyl halides is 6. The fourth-order valence-corrected chi connectivity index (χ4v) is 3.92. The van der Waals surface area contributed by atoms with Crippen LogP contribution in [0.5, 0.6) is 0 Å². The molecule has 0 bridgehead atoms. The molecule has 1 fully saturated rings. The summed E-state index contributed by atoms with van der Waals surface area (Å²) in [7, 11) is 0. The second kappa shape index (κ2) is 17.2. The Bertz CT molecular complexity index is 1320. The molecule has 256 valence electrons. The van der Waals surface area contributed by atoms with Gasteiger partial charge in [0.1, 0.15) is 11.9 Å². The number of aromatic nitrogens is 1. The summed E-state index contributed by atoms with van der Waals surface area (Å²) >= 11 is 0. The van der Waals surface area contributed by atoms with Crippen LogP contribution in [-0.2, 0) is 32.1 Å². The minimum Gasteiger partial charge on any atom is -0.475 e. The van der Waals surface area contributed by atoms with Crippen LogP contribution in [0.3, 0.4) is 0 Å². The SMILES string of the molecule is CC(C)N1CCC[C@@H]1C(=O)N[C@@H](Cc1ccc(F)c(F)c1)C(=O)NCc1ccc(N)nc1.O=C(O)C(F)(F)F.O=C(O)C(F)(F)F. The zero-order valence-corrected chi connectivity index (χ0v) is 24.3. The second-order valence-electron chi connectivity index (χ2n) is 9.92. The van der Waals surface area contributed by atoms with Crippen LogP contribution < -0.4 is 16.4 Å². The number of nitrogen functional groups attached to an aromatic ring is 1. The van der Waals surface area contributed by atoms with Crippen LogP contribution in [0.4, 0.5) is 40.9 Å². The number of likely N-dealkylation sites (tertiary alicyclic amines) is 1. The fourth-order valence-electron chi connectivity index (χ4n) is 3.92. The lowest BCUT2D eigenvalue weighted by molar-refractivity contribution is -0.193. The first-order chi connectivity index (χ1) is 21.1. The smallest absolute Gasteiger partial charge is 0.475 e. The molecule has 19 heteroatoms. The summed E-state index contributed by atoms with van der Waals surface area (Å²) in [6.45, 7) is 5.06. The van der Waals surface area contributed by atoms with Crippen LogP contribution >= 0.6 is 0 Å². The van der Waals surface area contributed by atoms with E-state index in [4.69, 9.17) is 25.5 Å². The number of halogens is 8. The maximum atomic E-state index is 13.7. The van der Waals surface area contributed by atoms with E-state index in [-0.39, 0.29) is 31.0 Å². The Morgan fingerprint density at radius 3 is 1.96 bits per heavy atom. The van der Waals surface area contributed by atoms with Crippen molar-refractivity contribution in [1.82, 2.24) is 20.5 Å². The Hall–Kier alpha value is -4.55. The van der Waals surface area contributed by atoms with E-state index in [1.54, 1.807) is 18.3 Å². The Morgan fingerprint density at radius 2 is 1.50 bits per heavy atom. The molecule has 46 heavy (non-hydrogen) atoms. The van der Waals surface area contributed by atoms with Crippen LogP contribution in [-0.4, -0.2) is 80.9 Å². The van der Waals surface area contributed by atoms with Crippen molar-refractivity contribution in [2.24, 2.45) is 0 Å². The Labute approximate surface area is 256 Å². The number of carbonyl (C=O) groups excluding carboxylic acids is 2. The molecule has 0 aliphatic carbocycles. The number of benzene rings is 1. The van der Waals surface area contributed by atoms with Crippen LogP contribution in [0.15, 0.2) is 36.5 Å². The quantitative estimate of drug-likeness (QED) is 0.263. The molecule has 1 saturated heterocycles. The monoisotopic (exact) mass is 673 g/mol. The van der Waals surface area contributed by atoms with E-state index in [0.717, 1.165) is 30.7 Å². The van der Waals surface area contributed by atoms with E-state index in [2.05, 4.69) is 20.5 Å². The molecule has 2 atom stereocenters. The number of carboxylic acid groups (broad SMARTS) is 2. The summed E-state index contributed by atoms with van der Waals surface area (Å²) in [6.07, 6.45) is -6.97. The topological polar surface area (TPSA) is 175 Å². The predicted octanol–water partition coefficient (Wildman–Crippen LogP) is 3.43. The molecule has 6 N–H and O–H groups in total. The van der Waals surface area contributed by atoms with Gasteiger partial charge >= 0.3 is 24.3 Å². The third-order valence-electron chi connectivity index (χ3n) is 6.12. The number of anilines is 1. The van der Waals surface area contributed by atoms with Crippen molar-refractivity contribution in [2.45, 2.75) is 70.1 Å². The number of rotatable bonds is 8. The molecule has 2 amide bonds. The van der Waals surface area contributed by atoms with Crippen molar-refractivity contribution in [2.75, 3.05) is 12.3 Å². The van der Waals surface area contributed by atoms with Crippen molar-refractivity contribution < 1.29 is 64.5 Å². The lowest BCUT2D eigenvalue weighted by atomic mass is 10.0. The highest BCUT2D eigenvalue weighted by Crippen LogP contribution is 2.21. The third-order valence-corrected chi connectivity index (χ3v) is 6.12. The van der Waals surface area contributed by atoms with E-state index in [1.807, 2.05) is 13.8 Å². The maximum absolute atomic E-state index is 13.7. The molecule has 1 aromatic heterocycles. The molecule has 0 saturated carbocycles. The molecular weight excluding hydrogens is 642 g/mol. The number of hydrogen-bond acceptors (Lipinski definition) is 7. The summed E-state index contributed by atoms with van der Waals surface area (Å²) in [6, 6.07) is 5.77. The summed E-state index contributed by atoms with van der Waals surface area (Å²) in [4.78, 5) is 49.8. The average molecular weight is 674 g/mol. The molecule has 3 rings (SSSR count). The lowest BCUT2D eigenvalue weighted by Gasteiger charge is -2.29. The molecule has 0 radical (unpaired) electrons. The normalized spacial score (nSPS) is 15.5. The number of nitrogens with one attached hydrogen (secondary N) is 2. The highest BCUT2D eigenvalue weighted by atomic mass is 19.4. The number of carboxylic acids is 2. The van der Waals surface area contributed by atoms with Crippen molar-refractivity contribution in [1.29, 1.82) is 0 Å². The zero-order chi connectivity index (χ0) is 35.4. The minimum atomic E-state index is -5.08. The number of nitrogens with two attached hydrogens (primary N) is 1. The van der Waals surface area contributed by atoms with Crippen molar-refractivity contribution >= 4 is 29.6 Å². The molecule has 2 heterocycles. The van der Waals surface area contributed by atoms with Gasteiger partial charge in [0.2, 0.25) is 11.8 Å². The summed E-state index contributed by atoms with van der Waals surface area (Å²) < 4.78 is 90.5. The molecule has 1 aliphatic heterocycles. The zero-order valence-electron chi connectivity index (χ0n) is 24.3. The average Bonchev–Trinajstić information content (AvgIpc) is 3.45. The molecular formula is C27H31F8N5O6. The first kappa shape index (κ1) is 39.5. The Morgan fingerprint density at radius 1 is 0.957 bits per heavy atom. The maximum Gasteiger partial charge on any atom is 0.490 e. The van der Waals surface area contributed by atoms with E-state index < -0.39 is 47.9 Å². The van der Waals surface area contributed by atoms with Gasteiger partial charge in [-0.15, -0.1) is 0 Å². The van der Waals surface area contributed by atoms with E-state index in [0.29, 0.717) is 17.8 Å². The van der Waals surface area contributed by atoms with Gasteiger partial charge in [-0.25, -0.2) is 23.4 Å². The first-order valence-electron chi connectivity index (χ1n) is 13.2. The number of amides is 2. The predicted molar refractivity (Wildman–Crippen MR) is 145 cm³/mol. The number of aliphatic carboxylic acids is 2. The van der Waals surface area contributed by atoms with Gasteiger partial charge < -0.3 is 26.6 Å². The molecule has 0 unspecified atom stereocenters. The number of hydrogen-bond donors (Lipinski definition) is 5. The van der Waals surface area contributed by atoms with Gasteiger partial charge in [0, 0.05) is 25.2 Å². The number of pyridine rings is 1. The summed E-state index contributed by atoms with van der Waals surface area (Å²) in [5.41, 5.74) is 6.73. The van der Waals surface area contributed by atoms with Crippen LogP contribution in [0.2, 0.25) is 0 Å². The van der Waals surface area contributed by atoms with Gasteiger partial charge in [-0.3, -0.25) is 14.5 Å². The van der Waals surface area contributed by atoms with Gasteiger partial charge in [-0.1, -0.05) is 12.1 Å². The molecule has 0 spiro atoms. The summed E-state index contributed by atoms with van der Waals surface area (Å²) in [5.74, 6) is -7.77. The molecule has 11 nitrogen and oxygen atoms in total. The first-order valence-corrected chi connectivity index (χ1v) is 13.2. The van der Waals surface area contributed by atoms with Gasteiger partial charge in [-0.2, -0.15) is 26.3 Å². The lowest BCUT2D eigenvalue weighted by Crippen LogP contribution is -2.53.